The SMILES string of the molecule is F[As](F)(F)(F)Cl. The molecule has 0 rings (SSSR count). The van der Waals surface area contributed by atoms with E-state index < -0.39 is 13.4 Å². The molecule has 6 heteroatoms. The molecule has 0 aliphatic rings. The van der Waals surface area contributed by atoms with Crippen LogP contribution in [0.2, 0.25) is 0 Å². The third-order valence-electron chi connectivity index (χ3n) is 0. The predicted octanol–water partition coefficient (Wildman–Crippen LogP) is 1.99. The van der Waals surface area contributed by atoms with Crippen molar-refractivity contribution >= 4 is 23.3 Å². The van der Waals surface area contributed by atoms with Crippen LogP contribution in [0.3, 0.4) is 0 Å². The van der Waals surface area contributed by atoms with Gasteiger partial charge in [-0.2, -0.15) is 0 Å². The molecule has 0 atom stereocenters. The van der Waals surface area contributed by atoms with Crippen molar-refractivity contribution in [1.82, 2.24) is 0 Å². The van der Waals surface area contributed by atoms with Crippen molar-refractivity contribution < 1.29 is 13.9 Å². The number of rotatable bonds is 0. The van der Waals surface area contributed by atoms with Gasteiger partial charge in [0.15, 0.2) is 0 Å². The van der Waals surface area contributed by atoms with Crippen molar-refractivity contribution in [3.05, 3.63) is 0 Å². The minimum absolute atomic E-state index is 3.30. The molecular formula is AsClF4. The van der Waals surface area contributed by atoms with Gasteiger partial charge >= 0.3 is 37.2 Å². The first kappa shape index (κ1) is 6.57. The normalized spacial score (nSPS) is 19.2. The second kappa shape index (κ2) is 1.04. The number of hydrogen-bond donors (Lipinski definition) is 0. The summed E-state index contributed by atoms with van der Waals surface area (Å²) in [5.41, 5.74) is 0. The Hall–Kier alpha value is 0.568. The van der Waals surface area contributed by atoms with Gasteiger partial charge in [0.25, 0.3) is 0 Å². The van der Waals surface area contributed by atoms with Crippen molar-refractivity contribution in [3.8, 4) is 0 Å². The second-order valence-corrected chi connectivity index (χ2v) is 5.98. The van der Waals surface area contributed by atoms with E-state index in [0.717, 1.165) is 0 Å². The molecule has 40 valence electrons. The van der Waals surface area contributed by atoms with Crippen LogP contribution in [-0.4, -0.2) is 13.4 Å². The Balaban J connectivity index is 3.73. The van der Waals surface area contributed by atoms with Gasteiger partial charge in [-0.25, -0.2) is 0 Å². The molecule has 0 aromatic carbocycles. The molecule has 0 aromatic heterocycles. The summed E-state index contributed by atoms with van der Waals surface area (Å²) in [4.78, 5) is 0. The molecule has 0 aliphatic heterocycles. The van der Waals surface area contributed by atoms with E-state index in [2.05, 4.69) is 9.95 Å². The van der Waals surface area contributed by atoms with Gasteiger partial charge in [0.05, 0.1) is 0 Å². The van der Waals surface area contributed by atoms with Gasteiger partial charge in [0.2, 0.25) is 0 Å². The monoisotopic (exact) mass is 186 g/mol. The van der Waals surface area contributed by atoms with Crippen LogP contribution in [0.15, 0.2) is 0 Å². The van der Waals surface area contributed by atoms with E-state index in [1.807, 2.05) is 0 Å². The Kier molecular flexibility index (Phi) is 1.14. The second-order valence-electron chi connectivity index (χ2n) is 0.639. The van der Waals surface area contributed by atoms with Gasteiger partial charge in [-0.15, -0.1) is 0 Å². The first-order valence-corrected chi connectivity index (χ1v) is 6.15. The van der Waals surface area contributed by atoms with E-state index in [4.69, 9.17) is 0 Å². The fourth-order valence-electron chi connectivity index (χ4n) is 0. The maximum absolute atomic E-state index is 10.3. The molecule has 0 fully saturated rings. The molecular weight excluding hydrogens is 186 g/mol. The Morgan fingerprint density at radius 1 is 1.00 bits per heavy atom. The van der Waals surface area contributed by atoms with Gasteiger partial charge < -0.3 is 0 Å². The standard InChI is InChI=1S/AsClF4/c2-1(3,4,5)6. The Bertz CT molecular complexity index is 40.7. The van der Waals surface area contributed by atoms with Crippen LogP contribution in [0, 0.1) is 0 Å². The van der Waals surface area contributed by atoms with Crippen molar-refractivity contribution in [2.75, 3.05) is 0 Å². The maximum atomic E-state index is 10.3. The van der Waals surface area contributed by atoms with Crippen LogP contribution in [0.25, 0.3) is 0 Å². The minimum atomic E-state index is -8.02. The van der Waals surface area contributed by atoms with Crippen molar-refractivity contribution in [2.45, 2.75) is 0 Å². The van der Waals surface area contributed by atoms with Crippen LogP contribution < -0.4 is 0 Å². The molecule has 0 amide bonds. The van der Waals surface area contributed by atoms with Gasteiger partial charge in [-0.05, 0) is 0 Å². The van der Waals surface area contributed by atoms with Crippen LogP contribution in [0.4, 0.5) is 13.9 Å². The average Bonchev–Trinajstić information content (AvgIpc) is 0.650. The Morgan fingerprint density at radius 2 is 1.00 bits per heavy atom. The molecule has 0 aromatic rings. The van der Waals surface area contributed by atoms with E-state index in [0.29, 0.717) is 0 Å². The first-order valence-electron chi connectivity index (χ1n) is 0.845. The van der Waals surface area contributed by atoms with E-state index >= 15 is 0 Å². The van der Waals surface area contributed by atoms with E-state index in [-0.39, 0.29) is 0 Å². The molecule has 0 heterocycles. The molecule has 0 N–H and O–H groups in total. The summed E-state index contributed by atoms with van der Waals surface area (Å²) in [7, 11) is 3.30. The fraction of sp³-hybridized carbons (Fsp3) is 0. The summed E-state index contributed by atoms with van der Waals surface area (Å²) in [5, 5.41) is 0. The van der Waals surface area contributed by atoms with Crippen LogP contribution in [-0.2, 0) is 0 Å². The van der Waals surface area contributed by atoms with Crippen LogP contribution >= 0.6 is 9.95 Å². The van der Waals surface area contributed by atoms with Crippen molar-refractivity contribution in [2.24, 2.45) is 0 Å². The molecule has 6 heavy (non-hydrogen) atoms. The summed E-state index contributed by atoms with van der Waals surface area (Å²) in [6.45, 7) is 0. The molecule has 0 bridgehead atoms. The molecule has 0 radical (unpaired) electrons. The van der Waals surface area contributed by atoms with Gasteiger partial charge in [-0.1, -0.05) is 0 Å². The van der Waals surface area contributed by atoms with Crippen LogP contribution in [0.5, 0.6) is 0 Å². The zero-order chi connectivity index (χ0) is 5.45. The molecule has 0 saturated heterocycles. The van der Waals surface area contributed by atoms with E-state index in [9.17, 15) is 13.9 Å². The summed E-state index contributed by atoms with van der Waals surface area (Å²) < 4.78 is 41.3. The third-order valence-corrected chi connectivity index (χ3v) is 0. The summed E-state index contributed by atoms with van der Waals surface area (Å²) in [6, 6.07) is 0. The van der Waals surface area contributed by atoms with Gasteiger partial charge in [-0.3, -0.25) is 0 Å². The summed E-state index contributed by atoms with van der Waals surface area (Å²) in [5.74, 6) is 0. The fourth-order valence-corrected chi connectivity index (χ4v) is 0. The zero-order valence-corrected chi connectivity index (χ0v) is 4.97. The average molecular weight is 186 g/mol. The Morgan fingerprint density at radius 3 is 1.00 bits per heavy atom. The van der Waals surface area contributed by atoms with E-state index in [1.54, 1.807) is 0 Å². The van der Waals surface area contributed by atoms with Crippen molar-refractivity contribution in [3.63, 3.8) is 0 Å². The number of halogens is 5. The van der Waals surface area contributed by atoms with E-state index in [1.165, 1.54) is 0 Å². The number of hydrogen-bond acceptors (Lipinski definition) is 0. The van der Waals surface area contributed by atoms with Gasteiger partial charge in [0.1, 0.15) is 0 Å². The molecule has 0 nitrogen and oxygen atoms in total. The zero-order valence-electron chi connectivity index (χ0n) is 2.34. The molecule has 0 unspecified atom stereocenters. The third kappa shape index (κ3) is 180. The topological polar surface area (TPSA) is 0 Å². The molecule has 0 spiro atoms. The quantitative estimate of drug-likeness (QED) is 0.401. The Labute approximate surface area is 37.9 Å². The van der Waals surface area contributed by atoms with Gasteiger partial charge in [0, 0.05) is 0 Å². The van der Waals surface area contributed by atoms with Crippen LogP contribution in [0.1, 0.15) is 0 Å². The predicted molar refractivity (Wildman–Crippen MR) is 16.0 cm³/mol. The summed E-state index contributed by atoms with van der Waals surface area (Å²) in [6.07, 6.45) is 0. The molecule has 0 saturated carbocycles. The van der Waals surface area contributed by atoms with Crippen molar-refractivity contribution in [1.29, 1.82) is 0 Å². The summed E-state index contributed by atoms with van der Waals surface area (Å²) >= 11 is -8.02. The first-order chi connectivity index (χ1) is 2.24. The molecule has 0 aliphatic carbocycles.